The summed E-state index contributed by atoms with van der Waals surface area (Å²) in [4.78, 5) is 4.68. The molecule has 0 bridgehead atoms. The van der Waals surface area contributed by atoms with Crippen molar-refractivity contribution in [2.45, 2.75) is 39.5 Å². The normalized spacial score (nSPS) is 10.2. The zero-order valence-electron chi connectivity index (χ0n) is 10.5. The monoisotopic (exact) mass is 252 g/mol. The van der Waals surface area contributed by atoms with Crippen molar-refractivity contribution >= 4 is 17.2 Å². The molecular formula is C13H20N2OS. The third kappa shape index (κ3) is 5.13. The van der Waals surface area contributed by atoms with Crippen LogP contribution in [0.2, 0.25) is 0 Å². The first-order valence-corrected chi connectivity index (χ1v) is 6.45. The maximum Gasteiger partial charge on any atom is 0.214 e. The van der Waals surface area contributed by atoms with E-state index in [-0.39, 0.29) is 0 Å². The molecule has 0 aliphatic heterocycles. The van der Waals surface area contributed by atoms with Crippen LogP contribution in [-0.2, 0) is 0 Å². The standard InChI is InChI=1S/C13H20N2OS/c1-3-4-5-6-7-16-12-9-11(13(14)17)8-10(2)15-12/h8-9H,3-7H2,1-2H3,(H2,14,17). The molecule has 0 atom stereocenters. The van der Waals surface area contributed by atoms with Crippen molar-refractivity contribution in [3.8, 4) is 5.88 Å². The number of aryl methyl sites for hydroxylation is 1. The average Bonchev–Trinajstić information content (AvgIpc) is 2.28. The van der Waals surface area contributed by atoms with Crippen molar-refractivity contribution in [3.63, 3.8) is 0 Å². The van der Waals surface area contributed by atoms with Crippen molar-refractivity contribution in [2.75, 3.05) is 6.61 Å². The molecule has 0 saturated heterocycles. The highest BCUT2D eigenvalue weighted by Crippen LogP contribution is 2.13. The van der Waals surface area contributed by atoms with Crippen LogP contribution in [0.4, 0.5) is 0 Å². The van der Waals surface area contributed by atoms with Gasteiger partial charge in [0, 0.05) is 17.3 Å². The third-order valence-electron chi connectivity index (χ3n) is 2.46. The molecule has 0 saturated carbocycles. The van der Waals surface area contributed by atoms with Gasteiger partial charge in [0.05, 0.1) is 6.61 Å². The predicted molar refractivity (Wildman–Crippen MR) is 74.5 cm³/mol. The van der Waals surface area contributed by atoms with Gasteiger partial charge >= 0.3 is 0 Å². The number of rotatable bonds is 7. The van der Waals surface area contributed by atoms with Crippen molar-refractivity contribution in [3.05, 3.63) is 23.4 Å². The Morgan fingerprint density at radius 1 is 1.35 bits per heavy atom. The molecule has 0 fully saturated rings. The van der Waals surface area contributed by atoms with Gasteiger partial charge in [-0.25, -0.2) is 4.98 Å². The van der Waals surface area contributed by atoms with E-state index in [0.29, 0.717) is 17.5 Å². The summed E-state index contributed by atoms with van der Waals surface area (Å²) in [5.74, 6) is 0.615. The molecular weight excluding hydrogens is 232 g/mol. The number of hydrogen-bond donors (Lipinski definition) is 1. The van der Waals surface area contributed by atoms with Gasteiger partial charge in [0.25, 0.3) is 0 Å². The van der Waals surface area contributed by atoms with Crippen LogP contribution in [-0.4, -0.2) is 16.6 Å². The highest BCUT2D eigenvalue weighted by Gasteiger charge is 2.03. The van der Waals surface area contributed by atoms with Crippen molar-refractivity contribution in [2.24, 2.45) is 5.73 Å². The fourth-order valence-corrected chi connectivity index (χ4v) is 1.68. The summed E-state index contributed by atoms with van der Waals surface area (Å²) < 4.78 is 5.60. The maximum atomic E-state index is 5.60. The van der Waals surface area contributed by atoms with E-state index in [0.717, 1.165) is 17.7 Å². The Balaban J connectivity index is 2.50. The number of nitrogens with two attached hydrogens (primary N) is 1. The molecule has 17 heavy (non-hydrogen) atoms. The minimum atomic E-state index is 0.381. The molecule has 1 heterocycles. The van der Waals surface area contributed by atoms with Gasteiger partial charge in [-0.05, 0) is 19.4 Å². The highest BCUT2D eigenvalue weighted by atomic mass is 32.1. The summed E-state index contributed by atoms with van der Waals surface area (Å²) in [5.41, 5.74) is 7.28. The van der Waals surface area contributed by atoms with Crippen LogP contribution in [0.15, 0.2) is 12.1 Å². The molecule has 1 rings (SSSR count). The molecule has 0 aliphatic rings. The lowest BCUT2D eigenvalue weighted by molar-refractivity contribution is 0.293. The first kappa shape index (κ1) is 13.9. The molecule has 0 spiro atoms. The zero-order chi connectivity index (χ0) is 12.7. The number of ether oxygens (including phenoxy) is 1. The van der Waals surface area contributed by atoms with E-state index in [4.69, 9.17) is 22.7 Å². The summed E-state index contributed by atoms with van der Waals surface area (Å²) in [6.45, 7) is 4.80. The molecule has 3 nitrogen and oxygen atoms in total. The average molecular weight is 252 g/mol. The predicted octanol–water partition coefficient (Wildman–Crippen LogP) is 2.98. The van der Waals surface area contributed by atoms with Crippen LogP contribution < -0.4 is 10.5 Å². The Bertz CT molecular complexity index is 380. The van der Waals surface area contributed by atoms with Crippen LogP contribution >= 0.6 is 12.2 Å². The molecule has 0 aliphatic carbocycles. The molecule has 1 aromatic rings. The molecule has 4 heteroatoms. The summed E-state index contributed by atoms with van der Waals surface area (Å²) in [6, 6.07) is 3.67. The minimum absolute atomic E-state index is 0.381. The van der Waals surface area contributed by atoms with Crippen LogP contribution in [0.1, 0.15) is 43.9 Å². The molecule has 0 amide bonds. The topological polar surface area (TPSA) is 48.1 Å². The molecule has 94 valence electrons. The number of nitrogens with zero attached hydrogens (tertiary/aromatic N) is 1. The lowest BCUT2D eigenvalue weighted by atomic mass is 10.2. The lowest BCUT2D eigenvalue weighted by Gasteiger charge is -2.07. The van der Waals surface area contributed by atoms with Crippen molar-refractivity contribution < 1.29 is 4.74 Å². The Kier molecular flexibility index (Phi) is 5.91. The van der Waals surface area contributed by atoms with E-state index in [9.17, 15) is 0 Å². The van der Waals surface area contributed by atoms with E-state index in [2.05, 4.69) is 11.9 Å². The van der Waals surface area contributed by atoms with Gasteiger partial charge in [0.2, 0.25) is 5.88 Å². The number of aromatic nitrogens is 1. The summed E-state index contributed by atoms with van der Waals surface area (Å²) >= 11 is 4.95. The molecule has 1 aromatic heterocycles. The van der Waals surface area contributed by atoms with Crippen molar-refractivity contribution in [1.29, 1.82) is 0 Å². The van der Waals surface area contributed by atoms with Gasteiger partial charge in [-0.15, -0.1) is 0 Å². The molecule has 0 radical (unpaired) electrons. The van der Waals surface area contributed by atoms with Gasteiger partial charge < -0.3 is 10.5 Å². The fraction of sp³-hybridized carbons (Fsp3) is 0.538. The largest absolute Gasteiger partial charge is 0.478 e. The van der Waals surface area contributed by atoms with E-state index in [1.807, 2.05) is 13.0 Å². The zero-order valence-corrected chi connectivity index (χ0v) is 11.3. The quantitative estimate of drug-likeness (QED) is 0.598. The second-order valence-corrected chi connectivity index (χ2v) is 4.55. The van der Waals surface area contributed by atoms with E-state index < -0.39 is 0 Å². The Hall–Kier alpha value is -1.16. The van der Waals surface area contributed by atoms with Crippen LogP contribution in [0.3, 0.4) is 0 Å². The lowest BCUT2D eigenvalue weighted by Crippen LogP contribution is -2.11. The summed E-state index contributed by atoms with van der Waals surface area (Å²) in [6.07, 6.45) is 4.74. The number of pyridine rings is 1. The molecule has 0 aromatic carbocycles. The molecule has 2 N–H and O–H groups in total. The number of thiocarbonyl (C=S) groups is 1. The Labute approximate surface area is 108 Å². The highest BCUT2D eigenvalue weighted by molar-refractivity contribution is 7.80. The van der Waals surface area contributed by atoms with Gasteiger partial charge in [-0.3, -0.25) is 0 Å². The van der Waals surface area contributed by atoms with Crippen LogP contribution in [0.25, 0.3) is 0 Å². The van der Waals surface area contributed by atoms with E-state index in [1.54, 1.807) is 6.07 Å². The second-order valence-electron chi connectivity index (χ2n) is 4.11. The van der Waals surface area contributed by atoms with Crippen molar-refractivity contribution in [1.82, 2.24) is 4.98 Å². The minimum Gasteiger partial charge on any atom is -0.478 e. The SMILES string of the molecule is CCCCCCOc1cc(C(N)=S)cc(C)n1. The van der Waals surface area contributed by atoms with E-state index in [1.165, 1.54) is 19.3 Å². The fourth-order valence-electron chi connectivity index (χ4n) is 1.56. The van der Waals surface area contributed by atoms with Gasteiger partial charge in [-0.1, -0.05) is 38.4 Å². The van der Waals surface area contributed by atoms with Gasteiger partial charge in [0.1, 0.15) is 4.99 Å². The Morgan fingerprint density at radius 3 is 2.76 bits per heavy atom. The summed E-state index contributed by atoms with van der Waals surface area (Å²) in [7, 11) is 0. The van der Waals surface area contributed by atoms with Crippen LogP contribution in [0.5, 0.6) is 5.88 Å². The van der Waals surface area contributed by atoms with Gasteiger partial charge in [0.15, 0.2) is 0 Å². The van der Waals surface area contributed by atoms with Gasteiger partial charge in [-0.2, -0.15) is 0 Å². The third-order valence-corrected chi connectivity index (χ3v) is 2.70. The maximum absolute atomic E-state index is 5.60. The second kappa shape index (κ2) is 7.22. The molecule has 0 unspecified atom stereocenters. The number of hydrogen-bond acceptors (Lipinski definition) is 3. The smallest absolute Gasteiger partial charge is 0.214 e. The first-order valence-electron chi connectivity index (χ1n) is 6.04. The first-order chi connectivity index (χ1) is 8.13. The number of unbranched alkanes of at least 4 members (excludes halogenated alkanes) is 3. The Morgan fingerprint density at radius 2 is 2.12 bits per heavy atom. The van der Waals surface area contributed by atoms with E-state index >= 15 is 0 Å². The van der Waals surface area contributed by atoms with Crippen LogP contribution in [0, 0.1) is 6.92 Å². The summed E-state index contributed by atoms with van der Waals surface area (Å²) in [5, 5.41) is 0.